The van der Waals surface area contributed by atoms with E-state index in [1.54, 1.807) is 18.0 Å². The normalized spacial score (nSPS) is 23.0. The van der Waals surface area contributed by atoms with Gasteiger partial charge in [-0.3, -0.25) is 14.5 Å². The molecule has 24 heavy (non-hydrogen) atoms. The Morgan fingerprint density at radius 2 is 2.21 bits per heavy atom. The van der Waals surface area contributed by atoms with Crippen LogP contribution in [0.25, 0.3) is 10.9 Å². The Kier molecular flexibility index (Phi) is 3.84. The molecule has 1 aliphatic heterocycles. The number of nitrogens with zero attached hydrogens (tertiary/aromatic N) is 3. The van der Waals surface area contributed by atoms with Crippen LogP contribution in [0.4, 0.5) is 0 Å². The molecule has 1 aromatic heterocycles. The van der Waals surface area contributed by atoms with Crippen molar-refractivity contribution in [2.24, 2.45) is 5.92 Å². The van der Waals surface area contributed by atoms with Gasteiger partial charge in [0.2, 0.25) is 5.91 Å². The van der Waals surface area contributed by atoms with Crippen molar-refractivity contribution in [2.75, 3.05) is 20.1 Å². The SMILES string of the molecule is CN(Cc1nc2ccccc2c(=O)[nH]1)C(=O)CN1C[C@@H]2CC[C@H]1C2. The molecule has 0 radical (unpaired) electrons. The largest absolute Gasteiger partial charge is 0.337 e. The Hall–Kier alpha value is -2.21. The highest BCUT2D eigenvalue weighted by molar-refractivity contribution is 5.78. The van der Waals surface area contributed by atoms with E-state index in [1.807, 2.05) is 18.2 Å². The van der Waals surface area contributed by atoms with Crippen molar-refractivity contribution >= 4 is 16.8 Å². The predicted octanol–water partition coefficient (Wildman–Crippen LogP) is 1.37. The van der Waals surface area contributed by atoms with E-state index in [0.717, 1.165) is 12.5 Å². The molecule has 6 heteroatoms. The van der Waals surface area contributed by atoms with E-state index in [1.165, 1.54) is 19.3 Å². The monoisotopic (exact) mass is 326 g/mol. The number of hydrogen-bond acceptors (Lipinski definition) is 4. The first-order valence-corrected chi connectivity index (χ1v) is 8.56. The Balaban J connectivity index is 1.44. The van der Waals surface area contributed by atoms with E-state index in [0.29, 0.717) is 35.9 Å². The van der Waals surface area contributed by atoms with Crippen molar-refractivity contribution in [3.05, 3.63) is 40.4 Å². The lowest BCUT2D eigenvalue weighted by Gasteiger charge is -2.28. The smallest absolute Gasteiger partial charge is 0.258 e. The molecule has 1 saturated heterocycles. The van der Waals surface area contributed by atoms with Crippen molar-refractivity contribution in [1.82, 2.24) is 19.8 Å². The van der Waals surface area contributed by atoms with Gasteiger partial charge in [-0.25, -0.2) is 4.98 Å². The molecule has 2 bridgehead atoms. The highest BCUT2D eigenvalue weighted by Crippen LogP contribution is 2.37. The summed E-state index contributed by atoms with van der Waals surface area (Å²) >= 11 is 0. The van der Waals surface area contributed by atoms with Crippen LogP contribution in [0.2, 0.25) is 0 Å². The van der Waals surface area contributed by atoms with Crippen LogP contribution < -0.4 is 5.56 Å². The number of piperidine rings is 1. The summed E-state index contributed by atoms with van der Waals surface area (Å²) in [6, 6.07) is 7.83. The van der Waals surface area contributed by atoms with Crippen LogP contribution in [0, 0.1) is 5.92 Å². The standard InChI is InChI=1S/C18H22N4O2/c1-21(17(23)11-22-9-12-6-7-13(22)8-12)10-16-19-15-5-3-2-4-14(15)18(24)20-16/h2-5,12-13H,6-11H2,1H3,(H,19,20,24)/t12-,13+/m1/s1. The lowest BCUT2D eigenvalue weighted by molar-refractivity contribution is -0.132. The third-order valence-electron chi connectivity index (χ3n) is 5.34. The van der Waals surface area contributed by atoms with Gasteiger partial charge in [0.25, 0.3) is 5.56 Å². The molecule has 1 aromatic carbocycles. The van der Waals surface area contributed by atoms with Crippen molar-refractivity contribution < 1.29 is 4.79 Å². The number of para-hydroxylation sites is 1. The van der Waals surface area contributed by atoms with Gasteiger partial charge in [0, 0.05) is 19.6 Å². The van der Waals surface area contributed by atoms with Gasteiger partial charge in [-0.05, 0) is 37.3 Å². The van der Waals surface area contributed by atoms with Gasteiger partial charge in [-0.2, -0.15) is 0 Å². The highest BCUT2D eigenvalue weighted by atomic mass is 16.2. The molecule has 2 aromatic rings. The molecule has 1 N–H and O–H groups in total. The van der Waals surface area contributed by atoms with Crippen molar-refractivity contribution in [1.29, 1.82) is 0 Å². The minimum absolute atomic E-state index is 0.0818. The number of likely N-dealkylation sites (N-methyl/N-ethyl adjacent to an activating group) is 1. The topological polar surface area (TPSA) is 69.3 Å². The fourth-order valence-corrected chi connectivity index (χ4v) is 4.04. The molecule has 1 saturated carbocycles. The number of nitrogens with one attached hydrogen (secondary N) is 1. The van der Waals surface area contributed by atoms with E-state index in [4.69, 9.17) is 0 Å². The highest BCUT2D eigenvalue weighted by Gasteiger charge is 2.38. The van der Waals surface area contributed by atoms with Gasteiger partial charge in [-0.15, -0.1) is 0 Å². The number of carbonyl (C=O) groups excluding carboxylic acids is 1. The molecule has 2 heterocycles. The van der Waals surface area contributed by atoms with Crippen molar-refractivity contribution in [3.63, 3.8) is 0 Å². The fourth-order valence-electron chi connectivity index (χ4n) is 4.04. The summed E-state index contributed by atoms with van der Waals surface area (Å²) < 4.78 is 0. The lowest BCUT2D eigenvalue weighted by atomic mass is 10.1. The maximum atomic E-state index is 12.5. The number of fused-ring (bicyclic) bond motifs is 3. The average Bonchev–Trinajstić information content (AvgIpc) is 3.17. The molecular weight excluding hydrogens is 304 g/mol. The Morgan fingerprint density at radius 1 is 1.38 bits per heavy atom. The number of hydrogen-bond donors (Lipinski definition) is 1. The van der Waals surface area contributed by atoms with Gasteiger partial charge in [-0.1, -0.05) is 12.1 Å². The Bertz CT molecular complexity index is 831. The minimum Gasteiger partial charge on any atom is -0.337 e. The summed E-state index contributed by atoms with van der Waals surface area (Å²) in [6.45, 7) is 1.84. The number of amides is 1. The molecule has 1 amide bonds. The number of carbonyl (C=O) groups is 1. The molecule has 6 nitrogen and oxygen atoms in total. The third kappa shape index (κ3) is 2.82. The van der Waals surface area contributed by atoms with Crippen LogP contribution >= 0.6 is 0 Å². The van der Waals surface area contributed by atoms with Crippen LogP contribution in [0.1, 0.15) is 25.1 Å². The molecule has 0 spiro atoms. The number of aromatic amines is 1. The zero-order chi connectivity index (χ0) is 16.7. The van der Waals surface area contributed by atoms with Crippen molar-refractivity contribution in [2.45, 2.75) is 31.8 Å². The number of H-pyrrole nitrogens is 1. The molecule has 2 fully saturated rings. The molecule has 4 rings (SSSR count). The van der Waals surface area contributed by atoms with Crippen LogP contribution in [0.15, 0.2) is 29.1 Å². The zero-order valence-electron chi connectivity index (χ0n) is 13.9. The Morgan fingerprint density at radius 3 is 2.96 bits per heavy atom. The fraction of sp³-hybridized carbons (Fsp3) is 0.500. The lowest BCUT2D eigenvalue weighted by Crippen LogP contribution is -2.42. The predicted molar refractivity (Wildman–Crippen MR) is 91.5 cm³/mol. The summed E-state index contributed by atoms with van der Waals surface area (Å²) in [5.74, 6) is 1.39. The molecule has 126 valence electrons. The number of rotatable bonds is 4. The quantitative estimate of drug-likeness (QED) is 0.921. The van der Waals surface area contributed by atoms with Gasteiger partial charge < -0.3 is 9.88 Å². The van der Waals surface area contributed by atoms with Crippen LogP contribution in [0.5, 0.6) is 0 Å². The van der Waals surface area contributed by atoms with Crippen LogP contribution in [-0.4, -0.2) is 51.9 Å². The number of aromatic nitrogens is 2. The van der Waals surface area contributed by atoms with Crippen molar-refractivity contribution in [3.8, 4) is 0 Å². The minimum atomic E-state index is -0.159. The van der Waals surface area contributed by atoms with Crippen LogP contribution in [0.3, 0.4) is 0 Å². The summed E-state index contributed by atoms with van der Waals surface area (Å²) in [7, 11) is 1.77. The molecule has 2 aliphatic rings. The molecule has 0 unspecified atom stereocenters. The summed E-state index contributed by atoms with van der Waals surface area (Å²) in [5, 5.41) is 0.573. The van der Waals surface area contributed by atoms with E-state index >= 15 is 0 Å². The summed E-state index contributed by atoms with van der Waals surface area (Å²) in [4.78, 5) is 35.8. The first kappa shape index (κ1) is 15.3. The van der Waals surface area contributed by atoms with E-state index in [2.05, 4.69) is 14.9 Å². The van der Waals surface area contributed by atoms with Gasteiger partial charge in [0.05, 0.1) is 24.0 Å². The van der Waals surface area contributed by atoms with E-state index in [-0.39, 0.29) is 11.5 Å². The second kappa shape index (κ2) is 6.02. The van der Waals surface area contributed by atoms with Crippen LogP contribution in [-0.2, 0) is 11.3 Å². The summed E-state index contributed by atoms with van der Waals surface area (Å²) in [5.41, 5.74) is 0.502. The van der Waals surface area contributed by atoms with E-state index < -0.39 is 0 Å². The second-order valence-electron chi connectivity index (χ2n) is 7.04. The zero-order valence-corrected chi connectivity index (χ0v) is 13.9. The first-order chi connectivity index (χ1) is 11.6. The van der Waals surface area contributed by atoms with Gasteiger partial charge in [0.15, 0.2) is 0 Å². The summed E-state index contributed by atoms with van der Waals surface area (Å²) in [6.07, 6.45) is 3.78. The first-order valence-electron chi connectivity index (χ1n) is 8.56. The maximum Gasteiger partial charge on any atom is 0.258 e. The van der Waals surface area contributed by atoms with Gasteiger partial charge >= 0.3 is 0 Å². The third-order valence-corrected chi connectivity index (χ3v) is 5.34. The number of likely N-dealkylation sites (tertiary alicyclic amines) is 1. The number of benzene rings is 1. The molecular formula is C18H22N4O2. The van der Waals surface area contributed by atoms with Gasteiger partial charge in [0.1, 0.15) is 5.82 Å². The van der Waals surface area contributed by atoms with E-state index in [9.17, 15) is 9.59 Å². The molecule has 1 aliphatic carbocycles. The maximum absolute atomic E-state index is 12.5. The second-order valence-corrected chi connectivity index (χ2v) is 7.04. The Labute approximate surface area is 140 Å². The average molecular weight is 326 g/mol. The molecule has 2 atom stereocenters.